The summed E-state index contributed by atoms with van der Waals surface area (Å²) in [6, 6.07) is 11.7. The standard InChI is InChI=1S/C17H17FN2O4/c18-12-5-3-6-13(11-12)24-10-4-9-16(22)19-20-17(23)14-7-1-2-8-15(14)21/h1-3,5-8,11,21H,4,9-10H2,(H,19,22)(H,20,23). The third kappa shape index (κ3) is 5.28. The molecule has 6 nitrogen and oxygen atoms in total. The van der Waals surface area contributed by atoms with Gasteiger partial charge in [-0.15, -0.1) is 0 Å². The maximum Gasteiger partial charge on any atom is 0.273 e. The zero-order valence-corrected chi connectivity index (χ0v) is 12.8. The van der Waals surface area contributed by atoms with Crippen LogP contribution in [0, 0.1) is 5.82 Å². The van der Waals surface area contributed by atoms with E-state index in [1.54, 1.807) is 18.2 Å². The van der Waals surface area contributed by atoms with Crippen molar-refractivity contribution in [3.05, 3.63) is 59.9 Å². The van der Waals surface area contributed by atoms with Gasteiger partial charge in [0.1, 0.15) is 17.3 Å². The number of benzene rings is 2. The van der Waals surface area contributed by atoms with Gasteiger partial charge in [0.25, 0.3) is 5.91 Å². The van der Waals surface area contributed by atoms with Gasteiger partial charge in [0, 0.05) is 12.5 Å². The van der Waals surface area contributed by atoms with Crippen molar-refractivity contribution in [2.45, 2.75) is 12.8 Å². The largest absolute Gasteiger partial charge is 0.507 e. The van der Waals surface area contributed by atoms with Gasteiger partial charge < -0.3 is 9.84 Å². The van der Waals surface area contributed by atoms with Crippen LogP contribution >= 0.6 is 0 Å². The monoisotopic (exact) mass is 332 g/mol. The van der Waals surface area contributed by atoms with Crippen LogP contribution in [0.25, 0.3) is 0 Å². The van der Waals surface area contributed by atoms with Gasteiger partial charge in [0.05, 0.1) is 12.2 Å². The van der Waals surface area contributed by atoms with Crippen molar-refractivity contribution >= 4 is 11.8 Å². The summed E-state index contributed by atoms with van der Waals surface area (Å²) in [5, 5.41) is 9.53. The number of ether oxygens (including phenoxy) is 1. The Labute approximate surface area is 138 Å². The van der Waals surface area contributed by atoms with Crippen LogP contribution in [0.5, 0.6) is 11.5 Å². The quantitative estimate of drug-likeness (QED) is 0.559. The number of rotatable bonds is 6. The molecule has 24 heavy (non-hydrogen) atoms. The number of phenolic OH excluding ortho intramolecular Hbond substituents is 1. The van der Waals surface area contributed by atoms with Gasteiger partial charge in [-0.2, -0.15) is 0 Å². The van der Waals surface area contributed by atoms with Crippen LogP contribution < -0.4 is 15.6 Å². The molecule has 0 saturated heterocycles. The molecular formula is C17H17FN2O4. The van der Waals surface area contributed by atoms with Crippen molar-refractivity contribution in [3.8, 4) is 11.5 Å². The molecule has 0 saturated carbocycles. The van der Waals surface area contributed by atoms with Crippen LogP contribution in [0.15, 0.2) is 48.5 Å². The molecule has 0 atom stereocenters. The highest BCUT2D eigenvalue weighted by molar-refractivity contribution is 5.97. The summed E-state index contributed by atoms with van der Waals surface area (Å²) in [7, 11) is 0. The first-order valence-electron chi connectivity index (χ1n) is 7.32. The van der Waals surface area contributed by atoms with Crippen molar-refractivity contribution in [3.63, 3.8) is 0 Å². The minimum absolute atomic E-state index is 0.0623. The predicted octanol–water partition coefficient (Wildman–Crippen LogP) is 2.15. The molecule has 7 heteroatoms. The smallest absolute Gasteiger partial charge is 0.273 e. The number of halogens is 1. The van der Waals surface area contributed by atoms with E-state index in [1.165, 1.54) is 30.3 Å². The van der Waals surface area contributed by atoms with Gasteiger partial charge in [-0.1, -0.05) is 18.2 Å². The van der Waals surface area contributed by atoms with Crippen molar-refractivity contribution in [2.75, 3.05) is 6.61 Å². The van der Waals surface area contributed by atoms with Crippen LogP contribution in [-0.2, 0) is 4.79 Å². The van der Waals surface area contributed by atoms with Gasteiger partial charge in [-0.3, -0.25) is 20.4 Å². The predicted molar refractivity (Wildman–Crippen MR) is 84.8 cm³/mol. The fraction of sp³-hybridized carbons (Fsp3) is 0.176. The molecule has 0 aliphatic rings. The number of nitrogens with one attached hydrogen (secondary N) is 2. The lowest BCUT2D eigenvalue weighted by Crippen LogP contribution is -2.41. The Bertz CT molecular complexity index is 721. The van der Waals surface area contributed by atoms with Crippen LogP contribution in [0.3, 0.4) is 0 Å². The zero-order valence-electron chi connectivity index (χ0n) is 12.8. The molecule has 0 aliphatic heterocycles. The topological polar surface area (TPSA) is 87.7 Å². The first-order chi connectivity index (χ1) is 11.6. The van der Waals surface area contributed by atoms with E-state index in [0.29, 0.717) is 12.2 Å². The molecule has 0 unspecified atom stereocenters. The van der Waals surface area contributed by atoms with E-state index in [1.807, 2.05) is 0 Å². The maximum absolute atomic E-state index is 12.9. The molecule has 126 valence electrons. The first-order valence-corrected chi connectivity index (χ1v) is 7.32. The van der Waals surface area contributed by atoms with E-state index >= 15 is 0 Å². The number of hydrazine groups is 1. The lowest BCUT2D eigenvalue weighted by molar-refractivity contribution is -0.122. The Balaban J connectivity index is 1.66. The average Bonchev–Trinajstić information content (AvgIpc) is 2.57. The van der Waals surface area contributed by atoms with E-state index in [4.69, 9.17) is 4.74 Å². The Morgan fingerprint density at radius 1 is 1.08 bits per heavy atom. The molecule has 2 rings (SSSR count). The number of aromatic hydroxyl groups is 1. The van der Waals surface area contributed by atoms with E-state index in [2.05, 4.69) is 10.9 Å². The molecule has 0 fully saturated rings. The summed E-state index contributed by atoms with van der Waals surface area (Å²) in [5.41, 5.74) is 4.53. The van der Waals surface area contributed by atoms with Crippen LogP contribution in [0.1, 0.15) is 23.2 Å². The Morgan fingerprint density at radius 3 is 2.62 bits per heavy atom. The summed E-state index contributed by atoms with van der Waals surface area (Å²) < 4.78 is 18.3. The second-order valence-electron chi connectivity index (χ2n) is 4.93. The first kappa shape index (κ1) is 17.3. The molecule has 2 aromatic carbocycles. The van der Waals surface area contributed by atoms with Gasteiger partial charge in [-0.05, 0) is 30.7 Å². The van der Waals surface area contributed by atoms with Crippen molar-refractivity contribution < 1.29 is 23.8 Å². The lowest BCUT2D eigenvalue weighted by Gasteiger charge is -2.09. The molecule has 0 radical (unpaired) electrons. The Morgan fingerprint density at radius 2 is 1.88 bits per heavy atom. The Hall–Kier alpha value is -3.09. The van der Waals surface area contributed by atoms with Gasteiger partial charge >= 0.3 is 0 Å². The Kier molecular flexibility index (Phi) is 6.13. The van der Waals surface area contributed by atoms with Crippen LogP contribution in [0.4, 0.5) is 4.39 Å². The summed E-state index contributed by atoms with van der Waals surface area (Å²) in [6.45, 7) is 0.240. The number of hydrogen-bond donors (Lipinski definition) is 3. The SMILES string of the molecule is O=C(CCCOc1cccc(F)c1)NNC(=O)c1ccccc1O. The molecule has 2 aromatic rings. The van der Waals surface area contributed by atoms with Gasteiger partial charge in [-0.25, -0.2) is 4.39 Å². The highest BCUT2D eigenvalue weighted by Crippen LogP contribution is 2.14. The van der Waals surface area contributed by atoms with E-state index in [0.717, 1.165) is 0 Å². The average molecular weight is 332 g/mol. The highest BCUT2D eigenvalue weighted by atomic mass is 19.1. The lowest BCUT2D eigenvalue weighted by atomic mass is 10.2. The number of carbonyl (C=O) groups excluding carboxylic acids is 2. The van der Waals surface area contributed by atoms with Crippen LogP contribution in [-0.4, -0.2) is 23.5 Å². The zero-order chi connectivity index (χ0) is 17.4. The second kappa shape index (κ2) is 8.52. The molecular weight excluding hydrogens is 315 g/mol. The third-order valence-corrected chi connectivity index (χ3v) is 3.08. The number of carbonyl (C=O) groups is 2. The molecule has 0 heterocycles. The summed E-state index contributed by atoms with van der Waals surface area (Å²) in [4.78, 5) is 23.4. The second-order valence-corrected chi connectivity index (χ2v) is 4.93. The minimum Gasteiger partial charge on any atom is -0.507 e. The van der Waals surface area contributed by atoms with Gasteiger partial charge in [0.2, 0.25) is 5.91 Å². The number of hydrogen-bond acceptors (Lipinski definition) is 4. The number of para-hydroxylation sites is 1. The summed E-state index contributed by atoms with van der Waals surface area (Å²) in [6.07, 6.45) is 0.519. The van der Waals surface area contributed by atoms with Crippen molar-refractivity contribution in [1.82, 2.24) is 10.9 Å². The van der Waals surface area contributed by atoms with Gasteiger partial charge in [0.15, 0.2) is 0 Å². The molecule has 3 N–H and O–H groups in total. The molecule has 0 spiro atoms. The highest BCUT2D eigenvalue weighted by Gasteiger charge is 2.10. The third-order valence-electron chi connectivity index (χ3n) is 3.08. The van der Waals surface area contributed by atoms with Crippen molar-refractivity contribution in [2.24, 2.45) is 0 Å². The number of phenols is 1. The maximum atomic E-state index is 12.9. The molecule has 0 bridgehead atoms. The molecule has 2 amide bonds. The minimum atomic E-state index is -0.613. The fourth-order valence-corrected chi connectivity index (χ4v) is 1.90. The van der Waals surface area contributed by atoms with Crippen molar-refractivity contribution in [1.29, 1.82) is 0 Å². The normalized spacial score (nSPS) is 10.0. The summed E-state index contributed by atoms with van der Waals surface area (Å²) >= 11 is 0. The summed E-state index contributed by atoms with van der Waals surface area (Å²) in [5.74, 6) is -1.19. The molecule has 0 aromatic heterocycles. The van der Waals surface area contributed by atoms with Crippen LogP contribution in [0.2, 0.25) is 0 Å². The van der Waals surface area contributed by atoms with E-state index < -0.39 is 17.6 Å². The van der Waals surface area contributed by atoms with E-state index in [-0.39, 0.29) is 24.3 Å². The van der Waals surface area contributed by atoms with E-state index in [9.17, 15) is 19.1 Å². The fourth-order valence-electron chi connectivity index (χ4n) is 1.90. The molecule has 0 aliphatic carbocycles. The number of amides is 2.